The van der Waals surface area contributed by atoms with Gasteiger partial charge in [0.25, 0.3) is 0 Å². The van der Waals surface area contributed by atoms with Gasteiger partial charge in [-0.2, -0.15) is 0 Å². The van der Waals surface area contributed by atoms with Crippen LogP contribution in [0.4, 0.5) is 0 Å². The predicted octanol–water partition coefficient (Wildman–Crippen LogP) is 2.07. The van der Waals surface area contributed by atoms with Gasteiger partial charge in [-0.25, -0.2) is 9.97 Å². The lowest BCUT2D eigenvalue weighted by Gasteiger charge is -2.39. The zero-order chi connectivity index (χ0) is 16.2. The zero-order valence-corrected chi connectivity index (χ0v) is 13.7. The van der Waals surface area contributed by atoms with Gasteiger partial charge in [-0.1, -0.05) is 0 Å². The highest BCUT2D eigenvalue weighted by Gasteiger charge is 2.44. The number of hydrogen-bond donors (Lipinski definition) is 0. The van der Waals surface area contributed by atoms with Crippen LogP contribution in [-0.2, 0) is 11.3 Å². The molecule has 126 valence electrons. The maximum atomic E-state index is 6.20. The number of rotatable bonds is 4. The Morgan fingerprint density at radius 1 is 1.21 bits per heavy atom. The maximum absolute atomic E-state index is 6.20. The van der Waals surface area contributed by atoms with Gasteiger partial charge in [-0.05, 0) is 43.1 Å². The number of ether oxygens (including phenoxy) is 2. The molecule has 4 heterocycles. The van der Waals surface area contributed by atoms with E-state index < -0.39 is 0 Å². The summed E-state index contributed by atoms with van der Waals surface area (Å²) in [4.78, 5) is 14.8. The largest absolute Gasteiger partial charge is 0.458 e. The summed E-state index contributed by atoms with van der Waals surface area (Å²) in [6.07, 6.45) is 10.3. The van der Waals surface area contributed by atoms with Gasteiger partial charge in [0.2, 0.25) is 0 Å². The summed E-state index contributed by atoms with van der Waals surface area (Å²) >= 11 is 0. The van der Waals surface area contributed by atoms with E-state index in [2.05, 4.69) is 32.0 Å². The van der Waals surface area contributed by atoms with E-state index >= 15 is 0 Å². The molecule has 6 nitrogen and oxygen atoms in total. The molecule has 2 fully saturated rings. The molecule has 2 saturated heterocycles. The molecule has 2 atom stereocenters. The maximum Gasteiger partial charge on any atom is 0.316 e. The van der Waals surface area contributed by atoms with Crippen LogP contribution in [0.5, 0.6) is 6.01 Å². The second-order valence-electron chi connectivity index (χ2n) is 6.64. The van der Waals surface area contributed by atoms with Gasteiger partial charge in [-0.15, -0.1) is 0 Å². The monoisotopic (exact) mass is 326 g/mol. The molecule has 0 amide bonds. The van der Waals surface area contributed by atoms with Crippen LogP contribution in [0.25, 0.3) is 0 Å². The smallest absolute Gasteiger partial charge is 0.316 e. The molecular weight excluding hydrogens is 304 g/mol. The fourth-order valence-electron chi connectivity index (χ4n) is 3.73. The molecular formula is C18H22N4O2. The standard InChI is InChI=1S/C18H22N4O2/c1-5-18(14-22(10-1)12-15-3-8-19-9-4-15)11-16(13-23-18)24-17-20-6-2-7-21-17/h2-4,6-9,16H,1,5,10-14H2/t16-,18+/m0/s1. The van der Waals surface area contributed by atoms with Gasteiger partial charge < -0.3 is 9.47 Å². The van der Waals surface area contributed by atoms with Gasteiger partial charge >= 0.3 is 6.01 Å². The Bertz CT molecular complexity index is 655. The van der Waals surface area contributed by atoms with Crippen molar-refractivity contribution in [2.24, 2.45) is 0 Å². The number of hydrogen-bond acceptors (Lipinski definition) is 6. The van der Waals surface area contributed by atoms with Crippen molar-refractivity contribution in [2.75, 3.05) is 19.7 Å². The summed E-state index contributed by atoms with van der Waals surface area (Å²) in [6.45, 7) is 3.62. The van der Waals surface area contributed by atoms with Crippen LogP contribution in [0, 0.1) is 0 Å². The third-order valence-corrected chi connectivity index (χ3v) is 4.76. The predicted molar refractivity (Wildman–Crippen MR) is 88.5 cm³/mol. The molecule has 1 spiro atoms. The average Bonchev–Trinajstić information content (AvgIpc) is 2.98. The first-order chi connectivity index (χ1) is 11.8. The topological polar surface area (TPSA) is 60.4 Å². The molecule has 2 aromatic rings. The summed E-state index contributed by atoms with van der Waals surface area (Å²) in [5.74, 6) is 0. The van der Waals surface area contributed by atoms with E-state index in [1.165, 1.54) is 5.56 Å². The Morgan fingerprint density at radius 3 is 2.88 bits per heavy atom. The van der Waals surface area contributed by atoms with E-state index in [0.29, 0.717) is 12.6 Å². The van der Waals surface area contributed by atoms with Crippen LogP contribution < -0.4 is 4.74 Å². The molecule has 0 N–H and O–H groups in total. The highest BCUT2D eigenvalue weighted by Crippen LogP contribution is 2.36. The second kappa shape index (κ2) is 6.83. The van der Waals surface area contributed by atoms with Gasteiger partial charge in [0.1, 0.15) is 6.10 Å². The summed E-state index contributed by atoms with van der Waals surface area (Å²) < 4.78 is 12.1. The fraction of sp³-hybridized carbons (Fsp3) is 0.500. The first-order valence-corrected chi connectivity index (χ1v) is 8.50. The Balaban J connectivity index is 1.37. The van der Waals surface area contributed by atoms with Crippen LogP contribution >= 0.6 is 0 Å². The lowest BCUT2D eigenvalue weighted by molar-refractivity contribution is -0.0538. The van der Waals surface area contributed by atoms with Gasteiger partial charge in [0.15, 0.2) is 0 Å². The number of likely N-dealkylation sites (tertiary alicyclic amines) is 1. The summed E-state index contributed by atoms with van der Waals surface area (Å²) in [7, 11) is 0. The molecule has 4 rings (SSSR count). The molecule has 2 aromatic heterocycles. The van der Waals surface area contributed by atoms with E-state index in [9.17, 15) is 0 Å². The van der Waals surface area contributed by atoms with Gasteiger partial charge in [-0.3, -0.25) is 9.88 Å². The van der Waals surface area contributed by atoms with E-state index in [1.807, 2.05) is 12.4 Å². The second-order valence-corrected chi connectivity index (χ2v) is 6.64. The van der Waals surface area contributed by atoms with E-state index in [4.69, 9.17) is 9.47 Å². The van der Waals surface area contributed by atoms with Crippen molar-refractivity contribution in [2.45, 2.75) is 37.5 Å². The van der Waals surface area contributed by atoms with Crippen molar-refractivity contribution in [1.82, 2.24) is 19.9 Å². The number of pyridine rings is 1. The van der Waals surface area contributed by atoms with E-state index in [0.717, 1.165) is 38.9 Å². The quantitative estimate of drug-likeness (QED) is 0.857. The minimum atomic E-state index is -0.0925. The van der Waals surface area contributed by atoms with Crippen LogP contribution in [0.2, 0.25) is 0 Å². The van der Waals surface area contributed by atoms with Crippen LogP contribution in [-0.4, -0.2) is 51.3 Å². The van der Waals surface area contributed by atoms with E-state index in [-0.39, 0.29) is 11.7 Å². The fourth-order valence-corrected chi connectivity index (χ4v) is 3.73. The molecule has 0 bridgehead atoms. The first kappa shape index (κ1) is 15.5. The van der Waals surface area contributed by atoms with Gasteiger partial charge in [0, 0.05) is 44.3 Å². The van der Waals surface area contributed by atoms with Crippen molar-refractivity contribution in [3.63, 3.8) is 0 Å². The average molecular weight is 326 g/mol. The highest BCUT2D eigenvalue weighted by atomic mass is 16.6. The Kier molecular flexibility index (Phi) is 4.40. The number of piperidine rings is 1. The summed E-state index contributed by atoms with van der Waals surface area (Å²) in [5, 5.41) is 0. The molecule has 2 aliphatic heterocycles. The molecule has 24 heavy (non-hydrogen) atoms. The summed E-state index contributed by atoms with van der Waals surface area (Å²) in [5.41, 5.74) is 1.20. The zero-order valence-electron chi connectivity index (χ0n) is 13.7. The van der Waals surface area contributed by atoms with Crippen LogP contribution in [0.1, 0.15) is 24.8 Å². The van der Waals surface area contributed by atoms with E-state index in [1.54, 1.807) is 18.5 Å². The minimum absolute atomic E-state index is 0.0354. The minimum Gasteiger partial charge on any atom is -0.458 e. The molecule has 2 aliphatic rings. The van der Waals surface area contributed by atoms with Crippen molar-refractivity contribution in [3.05, 3.63) is 48.5 Å². The normalized spacial score (nSPS) is 27.4. The van der Waals surface area contributed by atoms with Crippen LogP contribution in [0.3, 0.4) is 0 Å². The molecule has 0 radical (unpaired) electrons. The molecule has 0 aliphatic carbocycles. The highest BCUT2D eigenvalue weighted by molar-refractivity contribution is 5.10. The third kappa shape index (κ3) is 3.55. The number of aromatic nitrogens is 3. The van der Waals surface area contributed by atoms with Gasteiger partial charge in [0.05, 0.1) is 12.2 Å². The first-order valence-electron chi connectivity index (χ1n) is 8.50. The summed E-state index contributed by atoms with van der Waals surface area (Å²) in [6, 6.07) is 6.38. The lowest BCUT2D eigenvalue weighted by atomic mass is 9.89. The van der Waals surface area contributed by atoms with Crippen molar-refractivity contribution in [1.29, 1.82) is 0 Å². The molecule has 0 unspecified atom stereocenters. The van der Waals surface area contributed by atoms with Crippen molar-refractivity contribution < 1.29 is 9.47 Å². The Labute approximate surface area is 141 Å². The van der Waals surface area contributed by atoms with Crippen molar-refractivity contribution in [3.8, 4) is 6.01 Å². The third-order valence-electron chi connectivity index (χ3n) is 4.76. The molecule has 0 saturated carbocycles. The molecule has 0 aromatic carbocycles. The SMILES string of the molecule is c1cnc(O[C@@H]2CO[C@]3(CCCN(Cc4ccncc4)C3)C2)nc1. The lowest BCUT2D eigenvalue weighted by Crippen LogP contribution is -2.47. The Morgan fingerprint density at radius 2 is 2.04 bits per heavy atom. The number of nitrogens with zero attached hydrogens (tertiary/aromatic N) is 4. The molecule has 6 heteroatoms. The van der Waals surface area contributed by atoms with Crippen LogP contribution in [0.15, 0.2) is 43.0 Å². The Hall–Kier alpha value is -2.05. The van der Waals surface area contributed by atoms with Crippen molar-refractivity contribution >= 4 is 0 Å².